The van der Waals surface area contributed by atoms with E-state index in [9.17, 15) is 4.79 Å². The van der Waals surface area contributed by atoms with Crippen molar-refractivity contribution in [3.63, 3.8) is 0 Å². The minimum absolute atomic E-state index is 0.0342. The smallest absolute Gasteiger partial charge is 0.279 e. The van der Waals surface area contributed by atoms with E-state index >= 15 is 0 Å². The molecule has 3 aromatic rings. The lowest BCUT2D eigenvalue weighted by Gasteiger charge is -2.13. The molecule has 0 atom stereocenters. The van der Waals surface area contributed by atoms with Gasteiger partial charge in [0.05, 0.1) is 18.2 Å². The maximum Gasteiger partial charge on any atom is 0.279 e. The van der Waals surface area contributed by atoms with Crippen LogP contribution in [0.15, 0.2) is 35.4 Å². The summed E-state index contributed by atoms with van der Waals surface area (Å²) in [6, 6.07) is 9.77. The molecule has 3 rings (SSSR count). The lowest BCUT2D eigenvalue weighted by Crippen LogP contribution is -2.22. The average Bonchev–Trinajstić information content (AvgIpc) is 2.96. The third kappa shape index (κ3) is 2.27. The summed E-state index contributed by atoms with van der Waals surface area (Å²) in [5.74, 6) is 0.446. The molecule has 2 aromatic heterocycles. The fourth-order valence-corrected chi connectivity index (χ4v) is 2.57. The zero-order valence-corrected chi connectivity index (χ0v) is 12.4. The van der Waals surface area contributed by atoms with Gasteiger partial charge < -0.3 is 4.98 Å². The Labute approximate surface area is 127 Å². The third-order valence-corrected chi connectivity index (χ3v) is 3.55. The molecule has 0 spiro atoms. The van der Waals surface area contributed by atoms with E-state index in [2.05, 4.69) is 21.1 Å². The second-order valence-corrected chi connectivity index (χ2v) is 5.40. The van der Waals surface area contributed by atoms with Crippen molar-refractivity contribution in [2.75, 3.05) is 0 Å². The summed E-state index contributed by atoms with van der Waals surface area (Å²) in [4.78, 5) is 19.9. The van der Waals surface area contributed by atoms with Crippen LogP contribution in [0.4, 0.5) is 0 Å². The molecule has 1 N–H and O–H groups in total. The average molecular weight is 293 g/mol. The molecule has 0 aliphatic heterocycles. The first-order valence-corrected chi connectivity index (χ1v) is 7.04. The highest BCUT2D eigenvalue weighted by Crippen LogP contribution is 2.26. The highest BCUT2D eigenvalue weighted by molar-refractivity contribution is 5.66. The molecule has 0 aliphatic carbocycles. The molecule has 6 heteroatoms. The van der Waals surface area contributed by atoms with Crippen molar-refractivity contribution in [1.82, 2.24) is 19.6 Å². The normalized spacial score (nSPS) is 11.0. The number of aromatic nitrogens is 4. The van der Waals surface area contributed by atoms with Crippen LogP contribution in [0.2, 0.25) is 0 Å². The van der Waals surface area contributed by atoms with E-state index in [1.165, 1.54) is 10.8 Å². The zero-order valence-electron chi connectivity index (χ0n) is 12.4. The number of nitrogens with one attached hydrogen (secondary N) is 1. The number of fused-ring (bicyclic) bond motifs is 1. The van der Waals surface area contributed by atoms with Gasteiger partial charge in [-0.3, -0.25) is 4.79 Å². The molecule has 110 valence electrons. The molecule has 0 saturated heterocycles. The highest BCUT2D eigenvalue weighted by Gasteiger charge is 2.17. The monoisotopic (exact) mass is 293 g/mol. The summed E-state index contributed by atoms with van der Waals surface area (Å²) in [7, 11) is 0. The number of benzene rings is 1. The Morgan fingerprint density at radius 1 is 1.41 bits per heavy atom. The fraction of sp³-hybridized carbons (Fsp3) is 0.250. The predicted molar refractivity (Wildman–Crippen MR) is 82.4 cm³/mol. The second-order valence-electron chi connectivity index (χ2n) is 5.40. The van der Waals surface area contributed by atoms with E-state index in [4.69, 9.17) is 5.26 Å². The van der Waals surface area contributed by atoms with Gasteiger partial charge in [-0.15, -0.1) is 0 Å². The van der Waals surface area contributed by atoms with Crippen molar-refractivity contribution in [2.45, 2.75) is 26.2 Å². The molecule has 0 unspecified atom stereocenters. The van der Waals surface area contributed by atoms with Gasteiger partial charge in [0, 0.05) is 5.56 Å². The first-order chi connectivity index (χ1) is 10.6. The SMILES string of the molecule is CC(C)c1c(-c2cccc(CC#N)c2)[nH]c2ncnn2c1=O. The fourth-order valence-electron chi connectivity index (χ4n) is 2.57. The molecule has 0 aliphatic rings. The summed E-state index contributed by atoms with van der Waals surface area (Å²) in [6.45, 7) is 3.94. The minimum atomic E-state index is -0.165. The van der Waals surface area contributed by atoms with Crippen LogP contribution in [-0.2, 0) is 6.42 Å². The van der Waals surface area contributed by atoms with E-state index in [1.807, 2.05) is 38.1 Å². The van der Waals surface area contributed by atoms with Gasteiger partial charge in [0.1, 0.15) is 6.33 Å². The van der Waals surface area contributed by atoms with Gasteiger partial charge >= 0.3 is 0 Å². The van der Waals surface area contributed by atoms with Gasteiger partial charge in [-0.25, -0.2) is 0 Å². The van der Waals surface area contributed by atoms with Crippen LogP contribution in [0.25, 0.3) is 17.0 Å². The quantitative estimate of drug-likeness (QED) is 0.802. The van der Waals surface area contributed by atoms with Crippen molar-refractivity contribution in [2.24, 2.45) is 0 Å². The van der Waals surface area contributed by atoms with Crippen molar-refractivity contribution in [3.8, 4) is 17.3 Å². The number of rotatable bonds is 3. The van der Waals surface area contributed by atoms with Crippen molar-refractivity contribution >= 4 is 5.78 Å². The Hall–Kier alpha value is -2.94. The first-order valence-electron chi connectivity index (χ1n) is 7.04. The number of hydrogen-bond donors (Lipinski definition) is 1. The summed E-state index contributed by atoms with van der Waals surface area (Å²) in [5, 5.41) is 12.8. The molecular weight excluding hydrogens is 278 g/mol. The molecule has 1 aromatic carbocycles. The van der Waals surface area contributed by atoms with Crippen molar-refractivity contribution in [1.29, 1.82) is 5.26 Å². The summed E-state index contributed by atoms with van der Waals surface area (Å²) in [5.41, 5.74) is 3.02. The molecule has 22 heavy (non-hydrogen) atoms. The molecule has 0 bridgehead atoms. The number of hydrogen-bond acceptors (Lipinski definition) is 4. The van der Waals surface area contributed by atoms with Gasteiger partial charge in [-0.05, 0) is 23.1 Å². The van der Waals surface area contributed by atoms with Crippen LogP contribution in [0.3, 0.4) is 0 Å². The lowest BCUT2D eigenvalue weighted by atomic mass is 9.97. The number of H-pyrrole nitrogens is 1. The van der Waals surface area contributed by atoms with Gasteiger partial charge in [0.2, 0.25) is 5.78 Å². The van der Waals surface area contributed by atoms with Crippen LogP contribution >= 0.6 is 0 Å². The molecule has 6 nitrogen and oxygen atoms in total. The maximum absolute atomic E-state index is 12.6. The third-order valence-electron chi connectivity index (χ3n) is 3.55. The van der Waals surface area contributed by atoms with Crippen LogP contribution in [0.5, 0.6) is 0 Å². The topological polar surface area (TPSA) is 86.8 Å². The second kappa shape index (κ2) is 5.45. The molecular formula is C16H15N5O. The molecule has 2 heterocycles. The Bertz CT molecular complexity index is 930. The van der Waals surface area contributed by atoms with Crippen LogP contribution in [-0.4, -0.2) is 19.6 Å². The van der Waals surface area contributed by atoms with E-state index < -0.39 is 0 Å². The Balaban J connectivity index is 2.30. The predicted octanol–water partition coefficient (Wildman–Crippen LogP) is 2.27. The van der Waals surface area contributed by atoms with Crippen LogP contribution in [0, 0.1) is 11.3 Å². The first kappa shape index (κ1) is 14.0. The van der Waals surface area contributed by atoms with E-state index in [0.29, 0.717) is 17.8 Å². The van der Waals surface area contributed by atoms with Crippen LogP contribution in [0.1, 0.15) is 30.9 Å². The minimum Gasteiger partial charge on any atom is -0.323 e. The standard InChI is InChI=1S/C16H15N5O/c1-10(2)13-14(12-5-3-4-11(8-12)6-7-17)20-16-18-9-19-21(16)15(13)22/h3-5,8-10H,6H2,1-2H3,(H,18,19,20). The largest absolute Gasteiger partial charge is 0.323 e. The summed E-state index contributed by atoms with van der Waals surface area (Å²) < 4.78 is 1.28. The number of aromatic amines is 1. The maximum atomic E-state index is 12.6. The highest BCUT2D eigenvalue weighted by atomic mass is 16.1. The Kier molecular flexibility index (Phi) is 3.47. The summed E-state index contributed by atoms with van der Waals surface area (Å²) >= 11 is 0. The van der Waals surface area contributed by atoms with Crippen molar-refractivity contribution in [3.05, 3.63) is 52.1 Å². The van der Waals surface area contributed by atoms with Gasteiger partial charge in [-0.1, -0.05) is 32.0 Å². The Morgan fingerprint density at radius 3 is 2.95 bits per heavy atom. The van der Waals surface area contributed by atoms with Crippen LogP contribution < -0.4 is 5.56 Å². The molecule has 0 saturated carbocycles. The number of nitriles is 1. The van der Waals surface area contributed by atoms with E-state index in [1.54, 1.807) is 0 Å². The summed E-state index contributed by atoms with van der Waals surface area (Å²) in [6.07, 6.45) is 1.69. The number of nitrogens with zero attached hydrogens (tertiary/aromatic N) is 4. The van der Waals surface area contributed by atoms with E-state index in [-0.39, 0.29) is 11.5 Å². The van der Waals surface area contributed by atoms with Gasteiger partial charge in [-0.2, -0.15) is 19.9 Å². The molecule has 0 radical (unpaired) electrons. The molecule has 0 fully saturated rings. The zero-order chi connectivity index (χ0) is 15.7. The van der Waals surface area contributed by atoms with Crippen molar-refractivity contribution < 1.29 is 0 Å². The van der Waals surface area contributed by atoms with Gasteiger partial charge in [0.15, 0.2) is 0 Å². The molecule has 0 amide bonds. The van der Waals surface area contributed by atoms with E-state index in [0.717, 1.165) is 16.8 Å². The Morgan fingerprint density at radius 2 is 2.23 bits per heavy atom. The van der Waals surface area contributed by atoms with Gasteiger partial charge in [0.25, 0.3) is 5.56 Å². The lowest BCUT2D eigenvalue weighted by molar-refractivity contribution is 0.797.